The summed E-state index contributed by atoms with van der Waals surface area (Å²) >= 11 is 5.43. The zero-order valence-electron chi connectivity index (χ0n) is 16.1. The minimum Gasteiger partial charge on any atom is -0.377 e. The Morgan fingerprint density at radius 1 is 1.32 bits per heavy atom. The highest BCUT2D eigenvalue weighted by Gasteiger charge is 2.30. The average molecular weight is 402 g/mol. The molecule has 2 heterocycles. The number of rotatable bonds is 4. The van der Waals surface area contributed by atoms with Crippen LogP contribution in [0.2, 0.25) is 0 Å². The first kappa shape index (κ1) is 20.2. The number of benzene rings is 1. The Labute approximate surface area is 168 Å². The molecule has 1 aliphatic heterocycles. The maximum Gasteiger partial charge on any atom is 0.182 e. The van der Waals surface area contributed by atoms with Gasteiger partial charge in [0.15, 0.2) is 4.77 Å². The van der Waals surface area contributed by atoms with Gasteiger partial charge in [0.1, 0.15) is 34.9 Å². The molecule has 0 bridgehead atoms. The molecule has 1 atom stereocenters. The summed E-state index contributed by atoms with van der Waals surface area (Å²) in [6.45, 7) is 2.37. The molecule has 0 saturated carbocycles. The van der Waals surface area contributed by atoms with E-state index in [1.165, 1.54) is 16.7 Å². The molecule has 28 heavy (non-hydrogen) atoms. The summed E-state index contributed by atoms with van der Waals surface area (Å²) in [5.41, 5.74) is 1.33. The number of aromatic nitrogens is 2. The van der Waals surface area contributed by atoms with Crippen molar-refractivity contribution in [2.24, 2.45) is 14.1 Å². The van der Waals surface area contributed by atoms with Gasteiger partial charge in [-0.15, -0.1) is 0 Å². The van der Waals surface area contributed by atoms with E-state index in [1.54, 1.807) is 30.8 Å². The number of halogens is 1. The highest BCUT2D eigenvalue weighted by Crippen LogP contribution is 2.23. The Balaban J connectivity index is 1.99. The third-order valence-electron chi connectivity index (χ3n) is 5.09. The Kier molecular flexibility index (Phi) is 5.93. The maximum absolute atomic E-state index is 13.2. The summed E-state index contributed by atoms with van der Waals surface area (Å²) in [5, 5.41) is 18.0. The van der Waals surface area contributed by atoms with Crippen LogP contribution in [0.4, 0.5) is 10.2 Å². The summed E-state index contributed by atoms with van der Waals surface area (Å²) in [6.07, 6.45) is -0.154. The van der Waals surface area contributed by atoms with Gasteiger partial charge in [-0.3, -0.25) is 10.3 Å². The van der Waals surface area contributed by atoms with Gasteiger partial charge in [-0.1, -0.05) is 12.1 Å². The topological polar surface area (TPSA) is 73.2 Å². The number of nitrogens with one attached hydrogen (secondary N) is 1. The molecule has 0 amide bonds. The minimum absolute atomic E-state index is 0.0780. The summed E-state index contributed by atoms with van der Waals surface area (Å²) in [7, 11) is 5.35. The van der Waals surface area contributed by atoms with Crippen molar-refractivity contribution < 1.29 is 9.13 Å². The normalized spacial score (nSPS) is 17.3. The van der Waals surface area contributed by atoms with Crippen LogP contribution in [-0.4, -0.2) is 47.0 Å². The van der Waals surface area contributed by atoms with E-state index in [2.05, 4.69) is 11.0 Å². The molecule has 3 rings (SSSR count). The molecular formula is C19H23FN6OS. The van der Waals surface area contributed by atoms with Gasteiger partial charge < -0.3 is 18.8 Å². The van der Waals surface area contributed by atoms with Crippen LogP contribution < -0.4 is 10.4 Å². The summed E-state index contributed by atoms with van der Waals surface area (Å²) in [5.74, 6) is 0.318. The first-order valence-electron chi connectivity index (χ1n) is 8.89. The lowest BCUT2D eigenvalue weighted by atomic mass is 10.2. The molecule has 2 aromatic rings. The van der Waals surface area contributed by atoms with Crippen molar-refractivity contribution in [3.05, 3.63) is 51.5 Å². The van der Waals surface area contributed by atoms with Crippen molar-refractivity contribution in [2.45, 2.75) is 12.7 Å². The van der Waals surface area contributed by atoms with Crippen LogP contribution in [0, 0.1) is 27.3 Å². The molecule has 0 aliphatic carbocycles. The van der Waals surface area contributed by atoms with Gasteiger partial charge in [-0.2, -0.15) is 5.26 Å². The van der Waals surface area contributed by atoms with Crippen LogP contribution >= 0.6 is 12.2 Å². The molecule has 148 valence electrons. The fourth-order valence-electron chi connectivity index (χ4n) is 3.50. The lowest BCUT2D eigenvalue weighted by Crippen LogP contribution is -2.54. The van der Waals surface area contributed by atoms with Gasteiger partial charge in [-0.05, 0) is 29.9 Å². The second-order valence-corrected chi connectivity index (χ2v) is 7.19. The van der Waals surface area contributed by atoms with Crippen molar-refractivity contribution in [1.82, 2.24) is 14.0 Å². The van der Waals surface area contributed by atoms with Crippen molar-refractivity contribution in [1.29, 1.82) is 10.7 Å². The second-order valence-electron chi connectivity index (χ2n) is 6.82. The first-order chi connectivity index (χ1) is 13.3. The first-order valence-corrected chi connectivity index (χ1v) is 9.29. The van der Waals surface area contributed by atoms with Crippen molar-refractivity contribution in [3.8, 4) is 6.07 Å². The molecule has 1 N–H and O–H groups in total. The van der Waals surface area contributed by atoms with Crippen LogP contribution in [0.25, 0.3) is 0 Å². The molecule has 7 nitrogen and oxygen atoms in total. The second kappa shape index (κ2) is 8.22. The molecule has 1 aromatic heterocycles. The maximum atomic E-state index is 13.2. The lowest BCUT2D eigenvalue weighted by molar-refractivity contribution is -0.0112. The number of nitriles is 1. The highest BCUT2D eigenvalue weighted by atomic mass is 32.1. The fraction of sp³-hybridized carbons (Fsp3) is 0.421. The number of anilines is 1. The zero-order valence-corrected chi connectivity index (χ0v) is 17.0. The van der Waals surface area contributed by atoms with Crippen LogP contribution in [-0.2, 0) is 25.4 Å². The number of hydrogen-bond donors (Lipinski definition) is 1. The van der Waals surface area contributed by atoms with Crippen molar-refractivity contribution >= 4 is 18.0 Å². The monoisotopic (exact) mass is 402 g/mol. The summed E-state index contributed by atoms with van der Waals surface area (Å²) in [4.78, 5) is 4.16. The van der Waals surface area contributed by atoms with Gasteiger partial charge >= 0.3 is 0 Å². The van der Waals surface area contributed by atoms with Crippen LogP contribution in [0.15, 0.2) is 24.3 Å². The van der Waals surface area contributed by atoms with Gasteiger partial charge in [0.2, 0.25) is 0 Å². The van der Waals surface area contributed by atoms with Crippen molar-refractivity contribution in [3.63, 3.8) is 0 Å². The van der Waals surface area contributed by atoms with Gasteiger partial charge in [0.25, 0.3) is 0 Å². The summed E-state index contributed by atoms with van der Waals surface area (Å²) < 4.78 is 22.6. The molecule has 1 saturated heterocycles. The van der Waals surface area contributed by atoms with E-state index in [4.69, 9.17) is 22.4 Å². The van der Waals surface area contributed by atoms with E-state index in [9.17, 15) is 9.65 Å². The Morgan fingerprint density at radius 2 is 2.00 bits per heavy atom. The number of likely N-dealkylation sites (N-methyl/N-ethyl adjacent to an activating group) is 1. The van der Waals surface area contributed by atoms with E-state index in [1.807, 2.05) is 11.9 Å². The van der Waals surface area contributed by atoms with E-state index in [0.29, 0.717) is 36.9 Å². The standard InChI is InChI=1S/C19H23FN6OS/c1-23(18-15(10-21)17(22)24(2)19(28)25(18)3)16-12-27-9-8-26(16)11-13-4-6-14(20)7-5-13/h4-7,16,22H,8-9,11-12H2,1-3H3. The number of hydrogen-bond acceptors (Lipinski definition) is 6. The lowest BCUT2D eigenvalue weighted by Gasteiger charge is -2.42. The van der Waals surface area contributed by atoms with Crippen LogP contribution in [0.3, 0.4) is 0 Å². The Morgan fingerprint density at radius 3 is 2.64 bits per heavy atom. The quantitative estimate of drug-likeness (QED) is 0.791. The third kappa shape index (κ3) is 3.71. The molecule has 1 fully saturated rings. The van der Waals surface area contributed by atoms with Gasteiger partial charge in [0.05, 0.1) is 13.2 Å². The van der Waals surface area contributed by atoms with E-state index in [0.717, 1.165) is 5.56 Å². The highest BCUT2D eigenvalue weighted by molar-refractivity contribution is 7.71. The van der Waals surface area contributed by atoms with E-state index < -0.39 is 0 Å². The minimum atomic E-state index is -0.261. The number of ether oxygens (including phenoxy) is 1. The third-order valence-corrected chi connectivity index (χ3v) is 5.64. The van der Waals surface area contributed by atoms with E-state index >= 15 is 0 Å². The largest absolute Gasteiger partial charge is 0.377 e. The zero-order chi connectivity index (χ0) is 20.4. The molecule has 1 unspecified atom stereocenters. The van der Waals surface area contributed by atoms with Crippen LogP contribution in [0.1, 0.15) is 11.1 Å². The smallest absolute Gasteiger partial charge is 0.182 e. The fourth-order valence-corrected chi connectivity index (χ4v) is 3.68. The molecule has 1 aromatic carbocycles. The molecule has 9 heteroatoms. The predicted molar refractivity (Wildman–Crippen MR) is 106 cm³/mol. The molecular weight excluding hydrogens is 379 g/mol. The molecule has 0 spiro atoms. The Hall–Kier alpha value is -2.54. The van der Waals surface area contributed by atoms with Gasteiger partial charge in [0, 0.05) is 34.2 Å². The number of morpholine rings is 1. The van der Waals surface area contributed by atoms with E-state index in [-0.39, 0.29) is 23.0 Å². The summed E-state index contributed by atoms with van der Waals surface area (Å²) in [6, 6.07) is 8.60. The average Bonchev–Trinajstić information content (AvgIpc) is 2.70. The van der Waals surface area contributed by atoms with Crippen molar-refractivity contribution in [2.75, 3.05) is 31.7 Å². The molecule has 1 aliphatic rings. The SMILES string of the molecule is CN(c1c(C#N)c(=N)n(C)c(=S)n1C)C1COCCN1Cc1ccc(F)cc1. The molecule has 0 radical (unpaired) electrons. The Bertz CT molecular complexity index is 1020. The van der Waals surface area contributed by atoms with Gasteiger partial charge in [-0.25, -0.2) is 4.39 Å². The predicted octanol–water partition coefficient (Wildman–Crippen LogP) is 1.88. The van der Waals surface area contributed by atoms with Crippen LogP contribution in [0.5, 0.6) is 0 Å². The number of nitrogens with zero attached hydrogens (tertiary/aromatic N) is 5.